The van der Waals surface area contributed by atoms with Crippen LogP contribution in [0.2, 0.25) is 5.02 Å². The quantitative estimate of drug-likeness (QED) is 0.918. The molecule has 126 valence electrons. The zero-order valence-electron chi connectivity index (χ0n) is 13.8. The first kappa shape index (κ1) is 16.7. The van der Waals surface area contributed by atoms with Gasteiger partial charge >= 0.3 is 0 Å². The van der Waals surface area contributed by atoms with Gasteiger partial charge in [-0.25, -0.2) is 0 Å². The second-order valence-corrected chi connectivity index (χ2v) is 7.07. The number of halogens is 1. The summed E-state index contributed by atoms with van der Waals surface area (Å²) in [6.45, 7) is 6.82. The number of carbonyl (C=O) groups is 1. The normalized spacial score (nSPS) is 24.0. The third-order valence-electron chi connectivity index (χ3n) is 5.21. The predicted molar refractivity (Wildman–Crippen MR) is 93.5 cm³/mol. The van der Waals surface area contributed by atoms with Crippen molar-refractivity contribution in [2.75, 3.05) is 26.2 Å². The second kappa shape index (κ2) is 7.65. The third-order valence-corrected chi connectivity index (χ3v) is 5.58. The fourth-order valence-corrected chi connectivity index (χ4v) is 3.87. The number of hydrogen-bond donors (Lipinski definition) is 1. The molecule has 1 N–H and O–H groups in total. The maximum absolute atomic E-state index is 12.5. The molecule has 1 aromatic rings. The number of piperidine rings is 1. The van der Waals surface area contributed by atoms with Gasteiger partial charge in [0, 0.05) is 37.2 Å². The Morgan fingerprint density at radius 2 is 2.13 bits per heavy atom. The molecular weight excluding hydrogens is 310 g/mol. The maximum Gasteiger partial charge on any atom is 0.237 e. The van der Waals surface area contributed by atoms with Gasteiger partial charge in [0.05, 0.1) is 6.04 Å². The molecule has 2 heterocycles. The molecule has 0 radical (unpaired) electrons. The van der Waals surface area contributed by atoms with Crippen LogP contribution in [-0.4, -0.2) is 54.0 Å². The zero-order valence-corrected chi connectivity index (χ0v) is 14.6. The smallest absolute Gasteiger partial charge is 0.237 e. The number of hydrogen-bond acceptors (Lipinski definition) is 3. The summed E-state index contributed by atoms with van der Waals surface area (Å²) in [7, 11) is 0. The molecular formula is C18H26ClN3O. The van der Waals surface area contributed by atoms with Crippen LogP contribution in [0.5, 0.6) is 0 Å². The van der Waals surface area contributed by atoms with Crippen LogP contribution in [0, 0.1) is 0 Å². The van der Waals surface area contributed by atoms with Gasteiger partial charge in [-0.15, -0.1) is 0 Å². The second-order valence-electron chi connectivity index (χ2n) is 6.67. The number of carbonyl (C=O) groups excluding carboxylic acids is 1. The monoisotopic (exact) mass is 335 g/mol. The fraction of sp³-hybridized carbons (Fsp3) is 0.611. The van der Waals surface area contributed by atoms with Crippen molar-refractivity contribution in [2.24, 2.45) is 0 Å². The van der Waals surface area contributed by atoms with Gasteiger partial charge in [0.2, 0.25) is 5.91 Å². The van der Waals surface area contributed by atoms with Gasteiger partial charge in [0.15, 0.2) is 0 Å². The molecule has 2 fully saturated rings. The largest absolute Gasteiger partial charge is 0.351 e. The van der Waals surface area contributed by atoms with Crippen molar-refractivity contribution in [3.8, 4) is 0 Å². The summed E-state index contributed by atoms with van der Waals surface area (Å²) in [5, 5.41) is 3.74. The molecule has 0 aromatic heterocycles. The molecule has 0 bridgehead atoms. The Kier molecular flexibility index (Phi) is 5.57. The first-order valence-corrected chi connectivity index (χ1v) is 9.02. The molecule has 0 aliphatic carbocycles. The van der Waals surface area contributed by atoms with Crippen LogP contribution in [-0.2, 0) is 11.3 Å². The summed E-state index contributed by atoms with van der Waals surface area (Å²) < 4.78 is 0. The third kappa shape index (κ3) is 4.06. The Labute approximate surface area is 143 Å². The van der Waals surface area contributed by atoms with Gasteiger partial charge in [-0.1, -0.05) is 36.2 Å². The van der Waals surface area contributed by atoms with E-state index in [1.165, 1.54) is 25.8 Å². The molecule has 0 unspecified atom stereocenters. The first-order valence-electron chi connectivity index (χ1n) is 8.64. The van der Waals surface area contributed by atoms with Crippen LogP contribution in [0.25, 0.3) is 0 Å². The Morgan fingerprint density at radius 1 is 1.30 bits per heavy atom. The molecule has 2 aliphatic rings. The van der Waals surface area contributed by atoms with Gasteiger partial charge in [-0.2, -0.15) is 0 Å². The molecule has 4 nitrogen and oxygen atoms in total. The molecule has 2 saturated heterocycles. The van der Waals surface area contributed by atoms with Crippen molar-refractivity contribution < 1.29 is 4.79 Å². The lowest BCUT2D eigenvalue weighted by atomic mass is 9.98. The molecule has 0 spiro atoms. The summed E-state index contributed by atoms with van der Waals surface area (Å²) >= 11 is 6.15. The molecule has 2 atom stereocenters. The number of amides is 1. The molecule has 0 saturated carbocycles. The van der Waals surface area contributed by atoms with Crippen molar-refractivity contribution in [3.05, 3.63) is 34.9 Å². The summed E-state index contributed by atoms with van der Waals surface area (Å²) in [6, 6.07) is 8.21. The van der Waals surface area contributed by atoms with E-state index in [-0.39, 0.29) is 11.9 Å². The predicted octanol–water partition coefficient (Wildman–Crippen LogP) is 2.51. The van der Waals surface area contributed by atoms with E-state index < -0.39 is 0 Å². The average Bonchev–Trinajstić information content (AvgIpc) is 2.59. The molecule has 2 aliphatic heterocycles. The number of benzene rings is 1. The lowest BCUT2D eigenvalue weighted by Gasteiger charge is -2.45. The summed E-state index contributed by atoms with van der Waals surface area (Å²) in [5.74, 6) is 0.0918. The summed E-state index contributed by atoms with van der Waals surface area (Å²) in [6.07, 6.45) is 3.91. The van der Waals surface area contributed by atoms with E-state index in [2.05, 4.69) is 15.1 Å². The van der Waals surface area contributed by atoms with Crippen LogP contribution < -0.4 is 5.32 Å². The average molecular weight is 336 g/mol. The number of nitrogens with zero attached hydrogens (tertiary/aromatic N) is 2. The van der Waals surface area contributed by atoms with Crippen molar-refractivity contribution in [1.29, 1.82) is 0 Å². The Hall–Kier alpha value is -1.10. The van der Waals surface area contributed by atoms with E-state index in [4.69, 9.17) is 11.6 Å². The van der Waals surface area contributed by atoms with Crippen LogP contribution in [0.4, 0.5) is 0 Å². The molecule has 5 heteroatoms. The highest BCUT2D eigenvalue weighted by atomic mass is 35.5. The Balaban J connectivity index is 1.52. The van der Waals surface area contributed by atoms with E-state index in [9.17, 15) is 4.79 Å². The van der Waals surface area contributed by atoms with E-state index in [1.54, 1.807) is 0 Å². The molecule has 23 heavy (non-hydrogen) atoms. The highest BCUT2D eigenvalue weighted by Crippen LogP contribution is 2.22. The van der Waals surface area contributed by atoms with Crippen molar-refractivity contribution in [1.82, 2.24) is 15.1 Å². The van der Waals surface area contributed by atoms with Crippen molar-refractivity contribution in [3.63, 3.8) is 0 Å². The first-order chi connectivity index (χ1) is 11.1. The van der Waals surface area contributed by atoms with Gasteiger partial charge in [0.1, 0.15) is 0 Å². The standard InChI is InChI=1S/C18H26ClN3O/c1-14(18(23)20-12-15-6-2-3-8-17(15)19)22-11-10-21-9-5-4-7-16(21)13-22/h2-3,6,8,14,16H,4-5,7,9-13H2,1H3,(H,20,23)/t14-,16+/m1/s1. The molecule has 3 rings (SSSR count). The van der Waals surface area contributed by atoms with E-state index >= 15 is 0 Å². The lowest BCUT2D eigenvalue weighted by Crippen LogP contribution is -2.59. The van der Waals surface area contributed by atoms with E-state index in [0.717, 1.165) is 25.2 Å². The van der Waals surface area contributed by atoms with E-state index in [0.29, 0.717) is 17.6 Å². The summed E-state index contributed by atoms with van der Waals surface area (Å²) in [5.41, 5.74) is 0.965. The maximum atomic E-state index is 12.5. The highest BCUT2D eigenvalue weighted by molar-refractivity contribution is 6.31. The van der Waals surface area contributed by atoms with Gasteiger partial charge < -0.3 is 5.32 Å². The van der Waals surface area contributed by atoms with E-state index in [1.807, 2.05) is 31.2 Å². The van der Waals surface area contributed by atoms with Crippen LogP contribution in [0.3, 0.4) is 0 Å². The number of nitrogens with one attached hydrogen (secondary N) is 1. The Bertz CT molecular complexity index is 551. The van der Waals surface area contributed by atoms with Crippen LogP contribution in [0.15, 0.2) is 24.3 Å². The number of piperazine rings is 1. The minimum Gasteiger partial charge on any atom is -0.351 e. The van der Waals surface area contributed by atoms with Crippen LogP contribution in [0.1, 0.15) is 31.7 Å². The minimum absolute atomic E-state index is 0.0819. The number of rotatable bonds is 4. The van der Waals surface area contributed by atoms with Crippen molar-refractivity contribution in [2.45, 2.75) is 44.8 Å². The SMILES string of the molecule is C[C@H](C(=O)NCc1ccccc1Cl)N1CCN2CCCC[C@H]2C1. The molecule has 1 aromatic carbocycles. The lowest BCUT2D eigenvalue weighted by molar-refractivity contribution is -0.127. The number of fused-ring (bicyclic) bond motifs is 1. The van der Waals surface area contributed by atoms with Gasteiger partial charge in [-0.05, 0) is 37.9 Å². The van der Waals surface area contributed by atoms with Crippen LogP contribution >= 0.6 is 11.6 Å². The Morgan fingerprint density at radius 3 is 2.96 bits per heavy atom. The topological polar surface area (TPSA) is 35.6 Å². The summed E-state index contributed by atoms with van der Waals surface area (Å²) in [4.78, 5) is 17.4. The molecule has 1 amide bonds. The highest BCUT2D eigenvalue weighted by Gasteiger charge is 2.32. The van der Waals surface area contributed by atoms with Crippen molar-refractivity contribution >= 4 is 17.5 Å². The zero-order chi connectivity index (χ0) is 16.2. The fourth-order valence-electron chi connectivity index (χ4n) is 3.67. The minimum atomic E-state index is -0.0819. The van der Waals surface area contributed by atoms with Gasteiger partial charge in [-0.3, -0.25) is 14.6 Å². The van der Waals surface area contributed by atoms with Gasteiger partial charge in [0.25, 0.3) is 0 Å².